The van der Waals surface area contributed by atoms with Crippen molar-refractivity contribution in [2.45, 2.75) is 13.2 Å². The second kappa shape index (κ2) is 5.33. The molecule has 0 spiro atoms. The van der Waals surface area contributed by atoms with E-state index < -0.39 is 4.92 Å². The van der Waals surface area contributed by atoms with Crippen LogP contribution >= 0.6 is 0 Å². The quantitative estimate of drug-likeness (QED) is 0.648. The molecule has 0 fully saturated rings. The highest BCUT2D eigenvalue weighted by molar-refractivity contribution is 5.28. The number of nitrogens with zero attached hydrogens (tertiary/aromatic N) is 1. The van der Waals surface area contributed by atoms with Crippen molar-refractivity contribution in [2.24, 2.45) is 0 Å². The molecule has 0 saturated heterocycles. The average molecular weight is 249 g/mol. The molecule has 1 N–H and O–H groups in total. The normalized spacial score (nSPS) is 10.3. The van der Waals surface area contributed by atoms with E-state index in [4.69, 9.17) is 14.3 Å². The molecular formula is C12H11NO5. The second-order valence-corrected chi connectivity index (χ2v) is 3.59. The van der Waals surface area contributed by atoms with Gasteiger partial charge in [-0.1, -0.05) is 12.1 Å². The van der Waals surface area contributed by atoms with Gasteiger partial charge in [0.2, 0.25) is 0 Å². The van der Waals surface area contributed by atoms with E-state index >= 15 is 0 Å². The van der Waals surface area contributed by atoms with Crippen LogP contribution in [-0.2, 0) is 13.2 Å². The summed E-state index contributed by atoms with van der Waals surface area (Å²) in [6, 6.07) is 9.72. The van der Waals surface area contributed by atoms with Crippen LogP contribution in [0.2, 0.25) is 0 Å². The number of benzene rings is 1. The molecule has 0 saturated carbocycles. The first kappa shape index (κ1) is 12.1. The molecule has 2 rings (SSSR count). The van der Waals surface area contributed by atoms with Crippen molar-refractivity contribution >= 4 is 5.88 Å². The smallest absolute Gasteiger partial charge is 0.433 e. The van der Waals surface area contributed by atoms with Gasteiger partial charge in [-0.3, -0.25) is 10.1 Å². The highest BCUT2D eigenvalue weighted by atomic mass is 16.6. The van der Waals surface area contributed by atoms with Crippen LogP contribution < -0.4 is 4.74 Å². The van der Waals surface area contributed by atoms with Crippen molar-refractivity contribution in [2.75, 3.05) is 0 Å². The Hall–Kier alpha value is -2.34. The number of rotatable bonds is 5. The molecule has 6 nitrogen and oxygen atoms in total. The van der Waals surface area contributed by atoms with Gasteiger partial charge in [-0.15, -0.1) is 0 Å². The third-order valence-corrected chi connectivity index (χ3v) is 2.29. The van der Waals surface area contributed by atoms with Crippen LogP contribution in [0, 0.1) is 10.1 Å². The number of ether oxygens (including phenoxy) is 1. The predicted molar refractivity (Wildman–Crippen MR) is 62.1 cm³/mol. The van der Waals surface area contributed by atoms with Crippen LogP contribution in [-0.4, -0.2) is 10.0 Å². The Morgan fingerprint density at radius 1 is 1.33 bits per heavy atom. The molecule has 94 valence electrons. The lowest BCUT2D eigenvalue weighted by atomic mass is 10.2. The third kappa shape index (κ3) is 2.86. The fourth-order valence-corrected chi connectivity index (χ4v) is 1.43. The van der Waals surface area contributed by atoms with E-state index in [-0.39, 0.29) is 19.1 Å². The minimum atomic E-state index is -0.601. The summed E-state index contributed by atoms with van der Waals surface area (Å²) in [7, 11) is 0. The number of aliphatic hydroxyl groups is 1. The van der Waals surface area contributed by atoms with Crippen LogP contribution in [0.15, 0.2) is 40.8 Å². The lowest BCUT2D eigenvalue weighted by Gasteiger charge is -2.05. The Balaban J connectivity index is 1.99. The highest BCUT2D eigenvalue weighted by Crippen LogP contribution is 2.19. The molecule has 0 aliphatic heterocycles. The van der Waals surface area contributed by atoms with Crippen LogP contribution in [0.25, 0.3) is 0 Å². The van der Waals surface area contributed by atoms with Crippen molar-refractivity contribution in [3.05, 3.63) is 57.8 Å². The maximum absolute atomic E-state index is 10.4. The van der Waals surface area contributed by atoms with Gasteiger partial charge in [-0.2, -0.15) is 0 Å². The monoisotopic (exact) mass is 249 g/mol. The minimum absolute atomic E-state index is 0.0660. The van der Waals surface area contributed by atoms with E-state index in [1.807, 2.05) is 0 Å². The maximum atomic E-state index is 10.4. The third-order valence-electron chi connectivity index (χ3n) is 2.29. The first-order chi connectivity index (χ1) is 8.69. The Bertz CT molecular complexity index is 549. The standard InChI is InChI=1S/C12H11NO5/c14-7-9-2-1-3-10(6-9)17-8-11-4-5-12(18-11)13(15)16/h1-6,14H,7-8H2. The average Bonchev–Trinajstić information content (AvgIpc) is 2.85. The van der Waals surface area contributed by atoms with Crippen molar-refractivity contribution in [3.8, 4) is 5.75 Å². The largest absolute Gasteiger partial charge is 0.486 e. The van der Waals surface area contributed by atoms with Crippen molar-refractivity contribution in [1.29, 1.82) is 0 Å². The summed E-state index contributed by atoms with van der Waals surface area (Å²) in [6.45, 7) is 0.0339. The molecule has 0 amide bonds. The second-order valence-electron chi connectivity index (χ2n) is 3.59. The molecule has 6 heteroatoms. The van der Waals surface area contributed by atoms with Gasteiger partial charge in [-0.05, 0) is 23.8 Å². The molecule has 0 unspecified atom stereocenters. The van der Waals surface area contributed by atoms with Crippen LogP contribution in [0.3, 0.4) is 0 Å². The summed E-state index contributed by atoms with van der Waals surface area (Å²) in [5.41, 5.74) is 0.734. The zero-order chi connectivity index (χ0) is 13.0. The molecule has 1 aromatic carbocycles. The Kier molecular flexibility index (Phi) is 3.59. The van der Waals surface area contributed by atoms with Gasteiger partial charge in [0, 0.05) is 0 Å². The Morgan fingerprint density at radius 2 is 2.17 bits per heavy atom. The number of hydrogen-bond acceptors (Lipinski definition) is 5. The molecule has 0 aliphatic rings. The first-order valence-electron chi connectivity index (χ1n) is 5.25. The van der Waals surface area contributed by atoms with Gasteiger partial charge < -0.3 is 14.3 Å². The lowest BCUT2D eigenvalue weighted by molar-refractivity contribution is -0.402. The van der Waals surface area contributed by atoms with E-state index in [0.29, 0.717) is 11.5 Å². The molecular weight excluding hydrogens is 238 g/mol. The van der Waals surface area contributed by atoms with E-state index in [9.17, 15) is 10.1 Å². The van der Waals surface area contributed by atoms with Gasteiger partial charge in [0.25, 0.3) is 0 Å². The summed E-state index contributed by atoms with van der Waals surface area (Å²) in [6.07, 6.45) is 0. The molecule has 18 heavy (non-hydrogen) atoms. The van der Waals surface area contributed by atoms with Crippen LogP contribution in [0.4, 0.5) is 5.88 Å². The molecule has 1 heterocycles. The van der Waals surface area contributed by atoms with Crippen molar-refractivity contribution in [3.63, 3.8) is 0 Å². The van der Waals surface area contributed by atoms with E-state index in [2.05, 4.69) is 0 Å². The topological polar surface area (TPSA) is 85.7 Å². The summed E-state index contributed by atoms with van der Waals surface area (Å²) in [5.74, 6) is 0.634. The number of furan rings is 1. The molecule has 0 radical (unpaired) electrons. The summed E-state index contributed by atoms with van der Waals surface area (Å²) in [4.78, 5) is 9.81. The van der Waals surface area contributed by atoms with Crippen LogP contribution in [0.1, 0.15) is 11.3 Å². The fourth-order valence-electron chi connectivity index (χ4n) is 1.43. The Labute approximate surface area is 103 Å². The molecule has 0 aliphatic carbocycles. The zero-order valence-electron chi connectivity index (χ0n) is 9.41. The SMILES string of the molecule is O=[N+]([O-])c1ccc(COc2cccc(CO)c2)o1. The van der Waals surface area contributed by atoms with E-state index in [0.717, 1.165) is 5.56 Å². The van der Waals surface area contributed by atoms with Crippen molar-refractivity contribution < 1.29 is 19.2 Å². The number of nitro groups is 1. The van der Waals surface area contributed by atoms with Crippen molar-refractivity contribution in [1.82, 2.24) is 0 Å². The molecule has 0 bridgehead atoms. The lowest BCUT2D eigenvalue weighted by Crippen LogP contribution is -1.94. The van der Waals surface area contributed by atoms with Gasteiger partial charge >= 0.3 is 5.88 Å². The number of hydrogen-bond donors (Lipinski definition) is 1. The van der Waals surface area contributed by atoms with Gasteiger partial charge in [0.15, 0.2) is 0 Å². The van der Waals surface area contributed by atoms with Gasteiger partial charge in [-0.25, -0.2) is 0 Å². The van der Waals surface area contributed by atoms with E-state index in [1.165, 1.54) is 12.1 Å². The van der Waals surface area contributed by atoms with Gasteiger partial charge in [0.1, 0.15) is 23.0 Å². The predicted octanol–water partition coefficient (Wildman–Crippen LogP) is 2.26. The molecule has 2 aromatic rings. The summed E-state index contributed by atoms with van der Waals surface area (Å²) >= 11 is 0. The zero-order valence-corrected chi connectivity index (χ0v) is 9.41. The molecule has 0 atom stereocenters. The summed E-state index contributed by atoms with van der Waals surface area (Å²) < 4.78 is 10.4. The highest BCUT2D eigenvalue weighted by Gasteiger charge is 2.11. The molecule has 1 aromatic heterocycles. The van der Waals surface area contributed by atoms with Crippen LogP contribution in [0.5, 0.6) is 5.75 Å². The number of aliphatic hydroxyl groups excluding tert-OH is 1. The maximum Gasteiger partial charge on any atom is 0.433 e. The Morgan fingerprint density at radius 3 is 2.83 bits per heavy atom. The van der Waals surface area contributed by atoms with Gasteiger partial charge in [0.05, 0.1) is 12.7 Å². The van der Waals surface area contributed by atoms with E-state index in [1.54, 1.807) is 24.3 Å². The summed E-state index contributed by atoms with van der Waals surface area (Å²) in [5, 5.41) is 19.4. The fraction of sp³-hybridized carbons (Fsp3) is 0.167. The first-order valence-corrected chi connectivity index (χ1v) is 5.25. The minimum Gasteiger partial charge on any atom is -0.486 e.